The Balaban J connectivity index is 2.15. The number of amides is 1. The molecule has 100 valence electrons. The van der Waals surface area contributed by atoms with Crippen LogP contribution >= 0.6 is 0 Å². The van der Waals surface area contributed by atoms with Gasteiger partial charge in [0.05, 0.1) is 12.3 Å². The fourth-order valence-corrected chi connectivity index (χ4v) is 1.53. The molecule has 2 aromatic rings. The van der Waals surface area contributed by atoms with Crippen LogP contribution in [-0.2, 0) is 0 Å². The molecule has 1 amide bonds. The third kappa shape index (κ3) is 3.17. The molecule has 1 aromatic carbocycles. The van der Waals surface area contributed by atoms with Crippen molar-refractivity contribution < 1.29 is 14.3 Å². The zero-order valence-electron chi connectivity index (χ0n) is 10.4. The van der Waals surface area contributed by atoms with E-state index in [0.717, 1.165) is 0 Å². The number of aliphatic hydroxyl groups is 1. The quantitative estimate of drug-likeness (QED) is 0.868. The van der Waals surface area contributed by atoms with Gasteiger partial charge >= 0.3 is 0 Å². The number of hydrogen-bond donors (Lipinski definition) is 2. The Hall–Kier alpha value is -2.21. The summed E-state index contributed by atoms with van der Waals surface area (Å²) in [6, 6.07) is 7.02. The van der Waals surface area contributed by atoms with Gasteiger partial charge in [0.25, 0.3) is 5.91 Å². The minimum atomic E-state index is -0.359. The van der Waals surface area contributed by atoms with Crippen LogP contribution in [0.5, 0.6) is 0 Å². The highest BCUT2D eigenvalue weighted by atomic mass is 19.1. The van der Waals surface area contributed by atoms with Crippen LogP contribution in [0.25, 0.3) is 5.69 Å². The molecule has 6 heteroatoms. The number of aromatic nitrogens is 2. The molecular formula is C13H14FN3O2. The van der Waals surface area contributed by atoms with Crippen molar-refractivity contribution in [3.8, 4) is 5.69 Å². The summed E-state index contributed by atoms with van der Waals surface area (Å²) < 4.78 is 14.3. The monoisotopic (exact) mass is 263 g/mol. The van der Waals surface area contributed by atoms with E-state index in [4.69, 9.17) is 5.11 Å². The average molecular weight is 263 g/mol. The van der Waals surface area contributed by atoms with E-state index in [1.54, 1.807) is 31.3 Å². The second kappa shape index (κ2) is 5.62. The highest BCUT2D eigenvalue weighted by Gasteiger charge is 2.12. The maximum absolute atomic E-state index is 12.8. The van der Waals surface area contributed by atoms with Crippen LogP contribution in [0.2, 0.25) is 0 Å². The van der Waals surface area contributed by atoms with Gasteiger partial charge in [0, 0.05) is 12.2 Å². The zero-order valence-corrected chi connectivity index (χ0v) is 10.4. The van der Waals surface area contributed by atoms with E-state index in [1.165, 1.54) is 16.8 Å². The molecule has 0 aliphatic carbocycles. The summed E-state index contributed by atoms with van der Waals surface area (Å²) >= 11 is 0. The SMILES string of the molecule is CC(CO)NC(=O)c1ccn(-c2ccc(F)cc2)n1. The normalized spacial score (nSPS) is 12.2. The van der Waals surface area contributed by atoms with Gasteiger partial charge in [-0.1, -0.05) is 0 Å². The third-order valence-electron chi connectivity index (χ3n) is 2.56. The first kappa shape index (κ1) is 13.2. The van der Waals surface area contributed by atoms with E-state index in [-0.39, 0.29) is 30.1 Å². The van der Waals surface area contributed by atoms with Crippen LogP contribution in [0, 0.1) is 5.82 Å². The number of rotatable bonds is 4. The third-order valence-corrected chi connectivity index (χ3v) is 2.56. The number of nitrogens with one attached hydrogen (secondary N) is 1. The highest BCUT2D eigenvalue weighted by Crippen LogP contribution is 2.09. The lowest BCUT2D eigenvalue weighted by molar-refractivity contribution is 0.0917. The van der Waals surface area contributed by atoms with E-state index in [0.29, 0.717) is 5.69 Å². The average Bonchev–Trinajstić information content (AvgIpc) is 2.89. The lowest BCUT2D eigenvalue weighted by Gasteiger charge is -2.08. The molecule has 2 N–H and O–H groups in total. The lowest BCUT2D eigenvalue weighted by Crippen LogP contribution is -2.35. The number of hydrogen-bond acceptors (Lipinski definition) is 3. The number of benzene rings is 1. The second-order valence-corrected chi connectivity index (χ2v) is 4.18. The van der Waals surface area contributed by atoms with Crippen LogP contribution in [-0.4, -0.2) is 33.4 Å². The molecular weight excluding hydrogens is 249 g/mol. The first-order valence-corrected chi connectivity index (χ1v) is 5.83. The van der Waals surface area contributed by atoms with E-state index >= 15 is 0 Å². The molecule has 5 nitrogen and oxygen atoms in total. The van der Waals surface area contributed by atoms with Gasteiger partial charge in [0.1, 0.15) is 5.82 Å². The largest absolute Gasteiger partial charge is 0.394 e. The summed E-state index contributed by atoms with van der Waals surface area (Å²) in [6.07, 6.45) is 1.62. The molecule has 2 rings (SSSR count). The molecule has 0 saturated carbocycles. The van der Waals surface area contributed by atoms with Gasteiger partial charge in [-0.05, 0) is 37.3 Å². The van der Waals surface area contributed by atoms with E-state index < -0.39 is 0 Å². The fraction of sp³-hybridized carbons (Fsp3) is 0.231. The zero-order chi connectivity index (χ0) is 13.8. The maximum atomic E-state index is 12.8. The van der Waals surface area contributed by atoms with Gasteiger partial charge in [-0.3, -0.25) is 4.79 Å². The van der Waals surface area contributed by atoms with E-state index in [9.17, 15) is 9.18 Å². The van der Waals surface area contributed by atoms with Crippen LogP contribution in [0.4, 0.5) is 4.39 Å². The van der Waals surface area contributed by atoms with Crippen LogP contribution in [0.15, 0.2) is 36.5 Å². The molecule has 1 heterocycles. The molecule has 0 saturated heterocycles. The van der Waals surface area contributed by atoms with Gasteiger partial charge in [-0.2, -0.15) is 5.10 Å². The molecule has 1 unspecified atom stereocenters. The maximum Gasteiger partial charge on any atom is 0.272 e. The van der Waals surface area contributed by atoms with Crippen molar-refractivity contribution in [1.29, 1.82) is 0 Å². The summed E-state index contributed by atoms with van der Waals surface area (Å²) in [6.45, 7) is 1.55. The highest BCUT2D eigenvalue weighted by molar-refractivity contribution is 5.92. The molecule has 0 aliphatic rings. The summed E-state index contributed by atoms with van der Waals surface area (Å²) in [4.78, 5) is 11.8. The van der Waals surface area contributed by atoms with Gasteiger partial charge in [-0.25, -0.2) is 9.07 Å². The number of carbonyl (C=O) groups excluding carboxylic acids is 1. The van der Waals surface area contributed by atoms with E-state index in [1.807, 2.05) is 0 Å². The van der Waals surface area contributed by atoms with Crippen molar-refractivity contribution in [2.24, 2.45) is 0 Å². The van der Waals surface area contributed by atoms with Gasteiger partial charge in [0.15, 0.2) is 5.69 Å². The van der Waals surface area contributed by atoms with Crippen LogP contribution < -0.4 is 5.32 Å². The number of carbonyl (C=O) groups is 1. The standard InChI is InChI=1S/C13H14FN3O2/c1-9(8-18)15-13(19)12-6-7-17(16-12)11-4-2-10(14)3-5-11/h2-7,9,18H,8H2,1H3,(H,15,19). The Morgan fingerprint density at radius 1 is 1.42 bits per heavy atom. The molecule has 0 aliphatic heterocycles. The van der Waals surface area contributed by atoms with Crippen molar-refractivity contribution in [2.45, 2.75) is 13.0 Å². The number of halogens is 1. The summed E-state index contributed by atoms with van der Waals surface area (Å²) in [5, 5.41) is 15.6. The molecule has 0 bridgehead atoms. The molecule has 1 aromatic heterocycles. The van der Waals surface area contributed by atoms with Gasteiger partial charge in [-0.15, -0.1) is 0 Å². The minimum absolute atomic E-state index is 0.135. The molecule has 0 spiro atoms. The van der Waals surface area contributed by atoms with Crippen LogP contribution in [0.1, 0.15) is 17.4 Å². The Morgan fingerprint density at radius 2 is 2.11 bits per heavy atom. The smallest absolute Gasteiger partial charge is 0.272 e. The van der Waals surface area contributed by atoms with Crippen molar-refractivity contribution in [2.75, 3.05) is 6.61 Å². The Kier molecular flexibility index (Phi) is 3.91. The topological polar surface area (TPSA) is 67.2 Å². The lowest BCUT2D eigenvalue weighted by atomic mass is 10.3. The Morgan fingerprint density at radius 3 is 2.74 bits per heavy atom. The molecule has 0 radical (unpaired) electrons. The molecule has 1 atom stereocenters. The first-order valence-electron chi connectivity index (χ1n) is 5.83. The van der Waals surface area contributed by atoms with Gasteiger partial charge in [0.2, 0.25) is 0 Å². The summed E-state index contributed by atoms with van der Waals surface area (Å²) in [5.41, 5.74) is 0.903. The van der Waals surface area contributed by atoms with Crippen molar-refractivity contribution in [3.05, 3.63) is 48.0 Å². The number of aliphatic hydroxyl groups excluding tert-OH is 1. The predicted octanol–water partition coefficient (Wildman–Crippen LogP) is 1.12. The second-order valence-electron chi connectivity index (χ2n) is 4.18. The van der Waals surface area contributed by atoms with Crippen molar-refractivity contribution >= 4 is 5.91 Å². The summed E-state index contributed by atoms with van der Waals surface area (Å²) in [5.74, 6) is -0.687. The number of nitrogens with zero attached hydrogens (tertiary/aromatic N) is 2. The first-order chi connectivity index (χ1) is 9.10. The predicted molar refractivity (Wildman–Crippen MR) is 67.5 cm³/mol. The van der Waals surface area contributed by atoms with Crippen molar-refractivity contribution in [3.63, 3.8) is 0 Å². The van der Waals surface area contributed by atoms with E-state index in [2.05, 4.69) is 10.4 Å². The molecule has 0 fully saturated rings. The molecule has 19 heavy (non-hydrogen) atoms. The fourth-order valence-electron chi connectivity index (χ4n) is 1.53. The van der Waals surface area contributed by atoms with Crippen LogP contribution in [0.3, 0.4) is 0 Å². The Labute approximate surface area is 109 Å². The summed E-state index contributed by atoms with van der Waals surface area (Å²) in [7, 11) is 0. The van der Waals surface area contributed by atoms with Crippen molar-refractivity contribution in [1.82, 2.24) is 15.1 Å². The minimum Gasteiger partial charge on any atom is -0.394 e. The van der Waals surface area contributed by atoms with Gasteiger partial charge < -0.3 is 10.4 Å². The Bertz CT molecular complexity index is 566.